The summed E-state index contributed by atoms with van der Waals surface area (Å²) in [5.74, 6) is 4.15. The highest BCUT2D eigenvalue weighted by Gasteiger charge is 2.10. The number of carboxylic acid groups (broad SMARTS) is 1. The lowest BCUT2D eigenvalue weighted by molar-refractivity contribution is -0.135. The first kappa shape index (κ1) is 13.7. The van der Waals surface area contributed by atoms with E-state index in [1.54, 1.807) is 24.3 Å². The van der Waals surface area contributed by atoms with E-state index in [2.05, 4.69) is 17.2 Å². The van der Waals surface area contributed by atoms with Gasteiger partial charge < -0.3 is 16.2 Å². The van der Waals surface area contributed by atoms with Gasteiger partial charge in [-0.1, -0.05) is 24.0 Å². The fraction of sp³-hybridized carbons (Fsp3) is 0.231. The predicted molar refractivity (Wildman–Crippen MR) is 67.0 cm³/mol. The third-order valence-corrected chi connectivity index (χ3v) is 2.06. The molecular formula is C13H14N2O3. The van der Waals surface area contributed by atoms with Crippen molar-refractivity contribution in [3.05, 3.63) is 35.4 Å². The Hall–Kier alpha value is -2.32. The van der Waals surface area contributed by atoms with Crippen LogP contribution >= 0.6 is 0 Å². The minimum Gasteiger partial charge on any atom is -0.480 e. The number of carbonyl (C=O) groups excluding carboxylic acids is 1. The highest BCUT2D eigenvalue weighted by atomic mass is 16.4. The molecule has 1 aromatic carbocycles. The molecule has 0 bridgehead atoms. The molecule has 0 saturated heterocycles. The molecule has 94 valence electrons. The van der Waals surface area contributed by atoms with Crippen LogP contribution in [0.2, 0.25) is 0 Å². The fourth-order valence-electron chi connectivity index (χ4n) is 1.27. The Morgan fingerprint density at radius 3 is 2.72 bits per heavy atom. The number of carboxylic acids is 1. The van der Waals surface area contributed by atoms with Gasteiger partial charge >= 0.3 is 5.97 Å². The van der Waals surface area contributed by atoms with Gasteiger partial charge in [-0.3, -0.25) is 9.59 Å². The lowest BCUT2D eigenvalue weighted by Crippen LogP contribution is -2.29. The monoisotopic (exact) mass is 246 g/mol. The van der Waals surface area contributed by atoms with Crippen LogP contribution in [0.15, 0.2) is 24.3 Å². The van der Waals surface area contributed by atoms with Gasteiger partial charge in [0.1, 0.15) is 6.54 Å². The number of hydrogen-bond donors (Lipinski definition) is 3. The van der Waals surface area contributed by atoms with Crippen molar-refractivity contribution in [3.63, 3.8) is 0 Å². The summed E-state index contributed by atoms with van der Waals surface area (Å²) in [6, 6.07) is 6.77. The van der Waals surface area contributed by atoms with Crippen LogP contribution in [0, 0.1) is 11.8 Å². The standard InChI is InChI=1S/C13H14N2O3/c14-8-4-3-6-10-5-1-2-7-11(10)13(18)15-9-12(16)17/h1-2,5,7H,4,8-9,14H2,(H,15,18)(H,16,17). The van der Waals surface area contributed by atoms with E-state index in [1.807, 2.05) is 0 Å². The van der Waals surface area contributed by atoms with Gasteiger partial charge in [0.15, 0.2) is 0 Å². The van der Waals surface area contributed by atoms with Crippen LogP contribution in [0.5, 0.6) is 0 Å². The quantitative estimate of drug-likeness (QED) is 0.662. The Balaban J connectivity index is 2.85. The van der Waals surface area contributed by atoms with Gasteiger partial charge in [-0.2, -0.15) is 0 Å². The lowest BCUT2D eigenvalue weighted by atomic mass is 10.1. The average molecular weight is 246 g/mol. The number of rotatable bonds is 4. The number of carbonyl (C=O) groups is 2. The molecule has 0 aromatic heterocycles. The second-order valence-electron chi connectivity index (χ2n) is 3.46. The fourth-order valence-corrected chi connectivity index (χ4v) is 1.27. The first-order valence-electron chi connectivity index (χ1n) is 5.43. The highest BCUT2D eigenvalue weighted by molar-refractivity contribution is 5.98. The zero-order valence-corrected chi connectivity index (χ0v) is 9.77. The van der Waals surface area contributed by atoms with Crippen molar-refractivity contribution in [1.29, 1.82) is 0 Å². The SMILES string of the molecule is NCCC#Cc1ccccc1C(=O)NCC(=O)O. The van der Waals surface area contributed by atoms with Gasteiger partial charge in [0.05, 0.1) is 5.56 Å². The molecule has 1 amide bonds. The first-order chi connectivity index (χ1) is 8.65. The zero-order valence-electron chi connectivity index (χ0n) is 9.77. The molecule has 0 saturated carbocycles. The normalized spacial score (nSPS) is 9.17. The molecule has 0 aliphatic carbocycles. The molecular weight excluding hydrogens is 232 g/mol. The van der Waals surface area contributed by atoms with E-state index < -0.39 is 18.4 Å². The van der Waals surface area contributed by atoms with Crippen molar-refractivity contribution in [1.82, 2.24) is 5.32 Å². The van der Waals surface area contributed by atoms with E-state index in [4.69, 9.17) is 10.8 Å². The second kappa shape index (κ2) is 7.09. The van der Waals surface area contributed by atoms with Gasteiger partial charge in [0.25, 0.3) is 5.91 Å². The maximum atomic E-state index is 11.7. The molecule has 1 rings (SSSR count). The zero-order chi connectivity index (χ0) is 13.4. The van der Waals surface area contributed by atoms with E-state index in [9.17, 15) is 9.59 Å². The van der Waals surface area contributed by atoms with Crippen LogP contribution in [-0.4, -0.2) is 30.1 Å². The number of amides is 1. The van der Waals surface area contributed by atoms with E-state index in [0.29, 0.717) is 24.1 Å². The highest BCUT2D eigenvalue weighted by Crippen LogP contribution is 2.07. The maximum Gasteiger partial charge on any atom is 0.322 e. The number of benzene rings is 1. The molecule has 0 unspecified atom stereocenters. The van der Waals surface area contributed by atoms with Crippen molar-refractivity contribution >= 4 is 11.9 Å². The van der Waals surface area contributed by atoms with E-state index in [0.717, 1.165) is 0 Å². The molecule has 1 aromatic rings. The van der Waals surface area contributed by atoms with E-state index >= 15 is 0 Å². The van der Waals surface area contributed by atoms with E-state index in [-0.39, 0.29) is 0 Å². The summed E-state index contributed by atoms with van der Waals surface area (Å²) in [6.45, 7) is 0.0454. The van der Waals surface area contributed by atoms with Crippen molar-refractivity contribution in [2.24, 2.45) is 5.73 Å². The summed E-state index contributed by atoms with van der Waals surface area (Å²) in [4.78, 5) is 22.1. The molecule has 0 atom stereocenters. The molecule has 0 fully saturated rings. The van der Waals surface area contributed by atoms with Crippen LogP contribution in [0.4, 0.5) is 0 Å². The summed E-state index contributed by atoms with van der Waals surface area (Å²) in [5, 5.41) is 10.8. The summed E-state index contributed by atoms with van der Waals surface area (Å²) in [6.07, 6.45) is 0.547. The van der Waals surface area contributed by atoms with Crippen molar-refractivity contribution < 1.29 is 14.7 Å². The minimum absolute atomic E-state index is 0.364. The van der Waals surface area contributed by atoms with Gasteiger partial charge in [-0.15, -0.1) is 0 Å². The van der Waals surface area contributed by atoms with Gasteiger partial charge in [-0.05, 0) is 12.1 Å². The Morgan fingerprint density at radius 2 is 2.06 bits per heavy atom. The molecule has 0 heterocycles. The smallest absolute Gasteiger partial charge is 0.322 e. The second-order valence-corrected chi connectivity index (χ2v) is 3.46. The Labute approximate surface area is 105 Å². The molecule has 18 heavy (non-hydrogen) atoms. The summed E-state index contributed by atoms with van der Waals surface area (Å²) < 4.78 is 0. The number of hydrogen-bond acceptors (Lipinski definition) is 3. The van der Waals surface area contributed by atoms with Crippen LogP contribution in [0.3, 0.4) is 0 Å². The number of nitrogens with two attached hydrogens (primary N) is 1. The Morgan fingerprint density at radius 1 is 1.33 bits per heavy atom. The average Bonchev–Trinajstić information content (AvgIpc) is 2.37. The maximum absolute atomic E-state index is 11.7. The molecule has 0 aliphatic heterocycles. The Kier molecular flexibility index (Phi) is 5.42. The van der Waals surface area contributed by atoms with Crippen molar-refractivity contribution in [2.75, 3.05) is 13.1 Å². The van der Waals surface area contributed by atoms with Crippen LogP contribution in [-0.2, 0) is 4.79 Å². The van der Waals surface area contributed by atoms with Gasteiger partial charge in [0.2, 0.25) is 0 Å². The molecule has 0 aliphatic rings. The van der Waals surface area contributed by atoms with Crippen molar-refractivity contribution in [3.8, 4) is 11.8 Å². The summed E-state index contributed by atoms with van der Waals surface area (Å²) in [7, 11) is 0. The number of aliphatic carboxylic acids is 1. The summed E-state index contributed by atoms with van der Waals surface area (Å²) in [5.41, 5.74) is 6.25. The van der Waals surface area contributed by atoms with E-state index in [1.165, 1.54) is 0 Å². The molecule has 4 N–H and O–H groups in total. The third-order valence-electron chi connectivity index (χ3n) is 2.06. The van der Waals surface area contributed by atoms with Crippen LogP contribution in [0.1, 0.15) is 22.3 Å². The molecule has 0 spiro atoms. The van der Waals surface area contributed by atoms with Crippen LogP contribution < -0.4 is 11.1 Å². The minimum atomic E-state index is -1.09. The third kappa shape index (κ3) is 4.28. The summed E-state index contributed by atoms with van der Waals surface area (Å²) >= 11 is 0. The Bertz CT molecular complexity index is 500. The first-order valence-corrected chi connectivity index (χ1v) is 5.43. The van der Waals surface area contributed by atoms with Gasteiger partial charge in [0, 0.05) is 18.5 Å². The number of nitrogens with one attached hydrogen (secondary N) is 1. The van der Waals surface area contributed by atoms with Crippen LogP contribution in [0.25, 0.3) is 0 Å². The lowest BCUT2D eigenvalue weighted by Gasteiger charge is -2.04. The molecule has 0 radical (unpaired) electrons. The topological polar surface area (TPSA) is 92.4 Å². The van der Waals surface area contributed by atoms with Crippen molar-refractivity contribution in [2.45, 2.75) is 6.42 Å². The largest absolute Gasteiger partial charge is 0.480 e. The molecule has 5 nitrogen and oxygen atoms in total. The predicted octanol–water partition coefficient (Wildman–Crippen LogP) is 0.201. The molecule has 5 heteroatoms. The van der Waals surface area contributed by atoms with Gasteiger partial charge in [-0.25, -0.2) is 0 Å².